The summed E-state index contributed by atoms with van der Waals surface area (Å²) in [5, 5.41) is 52.4. The fourth-order valence-electron chi connectivity index (χ4n) is 9.27. The Morgan fingerprint density at radius 1 is 0.557 bits per heavy atom. The van der Waals surface area contributed by atoms with E-state index < -0.39 is 151 Å². The van der Waals surface area contributed by atoms with Crippen molar-refractivity contribution in [3.05, 3.63) is 35.9 Å². The first-order chi connectivity index (χ1) is 41.8. The lowest BCUT2D eigenvalue weighted by Gasteiger charge is -2.29. The molecule has 0 saturated carbocycles. The second kappa shape index (κ2) is 41.7. The van der Waals surface area contributed by atoms with Gasteiger partial charge >= 0.3 is 0 Å². The Morgan fingerprint density at radius 3 is 1.59 bits per heavy atom. The van der Waals surface area contributed by atoms with E-state index in [4.69, 9.17) is 28.7 Å². The number of carbonyl (C=O) groups excluding carboxylic acids is 12. The fourth-order valence-corrected chi connectivity index (χ4v) is 9.27. The molecule has 1 aromatic carbocycles. The minimum Gasteiger partial charge on any atom is -0.391 e. The summed E-state index contributed by atoms with van der Waals surface area (Å²) in [4.78, 5) is 166. The van der Waals surface area contributed by atoms with Gasteiger partial charge in [0.1, 0.15) is 60.4 Å². The van der Waals surface area contributed by atoms with Gasteiger partial charge in [0.15, 0.2) is 0 Å². The summed E-state index contributed by atoms with van der Waals surface area (Å²) in [5.74, 6) is -10.2. The molecule has 0 spiro atoms. The number of benzene rings is 1. The molecule has 31 nitrogen and oxygen atoms in total. The van der Waals surface area contributed by atoms with Gasteiger partial charge in [-0.15, -0.1) is 0 Å². The highest BCUT2D eigenvalue weighted by atomic mass is 16.3. The molecule has 0 radical (unpaired) electrons. The van der Waals surface area contributed by atoms with Gasteiger partial charge in [0.2, 0.25) is 70.9 Å². The van der Waals surface area contributed by atoms with Crippen LogP contribution in [0.5, 0.6) is 0 Å². The van der Waals surface area contributed by atoms with Crippen LogP contribution in [0.15, 0.2) is 30.3 Å². The maximum absolute atomic E-state index is 14.6. The second-order valence-electron chi connectivity index (χ2n) is 22.2. The van der Waals surface area contributed by atoms with E-state index in [9.17, 15) is 67.7 Å². The first-order valence-corrected chi connectivity index (χ1v) is 30.3. The molecule has 1 saturated heterocycles. The van der Waals surface area contributed by atoms with E-state index in [1.807, 2.05) is 6.92 Å². The quantitative estimate of drug-likeness (QED) is 0.0308. The van der Waals surface area contributed by atoms with E-state index in [2.05, 4.69) is 63.8 Å². The monoisotopic (exact) mass is 1250 g/mol. The molecule has 1 fully saturated rings. The van der Waals surface area contributed by atoms with Crippen molar-refractivity contribution >= 4 is 70.9 Å². The Labute approximate surface area is 514 Å². The maximum atomic E-state index is 14.6. The van der Waals surface area contributed by atoms with Crippen LogP contribution in [-0.4, -0.2) is 200 Å². The van der Waals surface area contributed by atoms with Gasteiger partial charge in [0.05, 0.1) is 12.2 Å². The highest BCUT2D eigenvalue weighted by Gasteiger charge is 2.37. The van der Waals surface area contributed by atoms with Crippen LogP contribution in [0.2, 0.25) is 0 Å². The average molecular weight is 1250 g/mol. The molecule has 12 atom stereocenters. The van der Waals surface area contributed by atoms with Crippen LogP contribution < -0.4 is 92.5 Å². The molecule has 0 bridgehead atoms. The third-order valence-corrected chi connectivity index (χ3v) is 14.1. The topological polar surface area (TPSA) is 520 Å². The van der Waals surface area contributed by atoms with Crippen molar-refractivity contribution in [3.8, 4) is 0 Å². The zero-order valence-electron chi connectivity index (χ0n) is 51.4. The molecule has 2 rings (SSSR count). The summed E-state index contributed by atoms with van der Waals surface area (Å²) in [6, 6.07) is -6.45. The second-order valence-corrected chi connectivity index (χ2v) is 22.2. The van der Waals surface area contributed by atoms with Gasteiger partial charge in [-0.05, 0) is 122 Å². The largest absolute Gasteiger partial charge is 0.391 e. The number of rotatable bonds is 31. The zero-order chi connectivity index (χ0) is 65.9. The van der Waals surface area contributed by atoms with Gasteiger partial charge < -0.3 is 103 Å². The molecule has 0 aliphatic carbocycles. The van der Waals surface area contributed by atoms with Gasteiger partial charge in [0, 0.05) is 32.4 Å². The van der Waals surface area contributed by atoms with Crippen LogP contribution in [0.4, 0.5) is 0 Å². The lowest BCUT2D eigenvalue weighted by Crippen LogP contribution is -2.62. The number of nitrogens with one attached hydrogen (secondary N) is 12. The minimum atomic E-state index is -1.74. The molecule has 88 heavy (non-hydrogen) atoms. The number of aliphatic hydroxyl groups is 2. The van der Waals surface area contributed by atoms with Crippen LogP contribution in [-0.2, 0) is 64.0 Å². The zero-order valence-corrected chi connectivity index (χ0v) is 51.4. The summed E-state index contributed by atoms with van der Waals surface area (Å²) in [7, 11) is 0. The maximum Gasteiger partial charge on any atom is 0.245 e. The molecule has 1 heterocycles. The van der Waals surface area contributed by atoms with Gasteiger partial charge in [-0.1, -0.05) is 57.5 Å². The molecule has 0 aromatic heterocycles. The lowest BCUT2D eigenvalue weighted by molar-refractivity contribution is -0.137. The Bertz CT molecular complexity index is 2420. The lowest BCUT2D eigenvalue weighted by atomic mass is 10.00. The van der Waals surface area contributed by atoms with E-state index in [0.717, 1.165) is 0 Å². The summed E-state index contributed by atoms with van der Waals surface area (Å²) in [6.45, 7) is 7.02. The van der Waals surface area contributed by atoms with E-state index in [0.29, 0.717) is 44.2 Å². The molecule has 1 aliphatic heterocycles. The minimum absolute atomic E-state index is 0.0322. The van der Waals surface area contributed by atoms with Crippen molar-refractivity contribution in [3.63, 3.8) is 0 Å². The molecular weight excluding hydrogens is 1150 g/mol. The van der Waals surface area contributed by atoms with E-state index in [-0.39, 0.29) is 95.9 Å². The van der Waals surface area contributed by atoms with Crippen molar-refractivity contribution in [2.24, 2.45) is 34.6 Å². The van der Waals surface area contributed by atoms with Gasteiger partial charge in [0.25, 0.3) is 0 Å². The van der Waals surface area contributed by atoms with Crippen LogP contribution in [0.25, 0.3) is 0 Å². The normalized spacial score (nSPS) is 22.1. The summed E-state index contributed by atoms with van der Waals surface area (Å²) >= 11 is 0. The van der Waals surface area contributed by atoms with E-state index in [1.165, 1.54) is 13.8 Å². The number of amides is 12. The number of nitrogens with two attached hydrogens (primary N) is 5. The third kappa shape index (κ3) is 28.2. The van der Waals surface area contributed by atoms with Crippen molar-refractivity contribution in [2.45, 2.75) is 197 Å². The smallest absolute Gasteiger partial charge is 0.245 e. The SMILES string of the molecule is CCCC(=O)NCCCCCC(=O)N[C@@H](CCN)C(=O)N[C@H](C(=O)N[C@@H](CCN)C(=O)N[C@H]1CCNC(=O)[C@H]([C@@H](C)O)NC(=O)[C@H](CCN)NC(=O)[C@H](CCN)NC(=O)[C@H](CC(C)C)NC(=O)[C@@H](Cc2ccccc2)NC(=O)[C@H](CCN)NC1=O)[C@@H](C)O. The molecule has 1 aromatic rings. The van der Waals surface area contributed by atoms with Gasteiger partial charge in [-0.25, -0.2) is 0 Å². The number of aliphatic hydroxyl groups excluding tert-OH is 2. The molecule has 0 unspecified atom stereocenters. The first kappa shape index (κ1) is 76.7. The van der Waals surface area contributed by atoms with E-state index >= 15 is 0 Å². The van der Waals surface area contributed by atoms with Crippen LogP contribution in [0, 0.1) is 5.92 Å². The Balaban J connectivity index is 2.62. The van der Waals surface area contributed by atoms with Crippen LogP contribution in [0.1, 0.15) is 124 Å². The molecular formula is C57H99N17O14. The van der Waals surface area contributed by atoms with Crippen LogP contribution in [0.3, 0.4) is 0 Å². The van der Waals surface area contributed by atoms with E-state index in [1.54, 1.807) is 44.2 Å². The predicted molar refractivity (Wildman–Crippen MR) is 325 cm³/mol. The Kier molecular flexibility index (Phi) is 36.3. The molecule has 1 aliphatic rings. The number of hydrogen-bond donors (Lipinski definition) is 19. The third-order valence-electron chi connectivity index (χ3n) is 14.1. The number of unbranched alkanes of at least 4 members (excludes halogenated alkanes) is 2. The van der Waals surface area contributed by atoms with Crippen LogP contribution >= 0.6 is 0 Å². The predicted octanol–water partition coefficient (Wildman–Crippen LogP) is -6.37. The van der Waals surface area contributed by atoms with Crippen molar-refractivity contribution in [1.82, 2.24) is 63.8 Å². The standard InChI is InChI=1S/C57H99N17O14/c1-6-13-44(77)63-28-12-8-11-16-45(78)65-36(17-23-58)52(83)74-47(34(5)76)57(88)70-39(20-26-61)49(80)69-41-22-29-64-56(87)46(33(4)75)73-53(84)40(21-27-62)67-48(79)37(18-24-59)68-54(85)42(30-32(2)3)71-55(86)43(31-35-14-9-7-10-15-35)72-50(81)38(19-25-60)66-51(41)82/h7,9-10,14-15,32-34,36-43,46-47,75-76H,6,8,11-13,16-31,58-62H2,1-5H3,(H,63,77)(H,64,87)(H,65,78)(H,66,82)(H,67,79)(H,68,85)(H,69,80)(H,70,88)(H,71,86)(H,72,81)(H,73,84)(H,74,83)/t33-,34-,36+,37+,38+,39+,40+,41+,42+,43-,46+,47+/m1/s1. The summed E-state index contributed by atoms with van der Waals surface area (Å²) in [5.41, 5.74) is 29.9. The summed E-state index contributed by atoms with van der Waals surface area (Å²) < 4.78 is 0. The molecule has 24 N–H and O–H groups in total. The highest BCUT2D eigenvalue weighted by Crippen LogP contribution is 2.12. The van der Waals surface area contributed by atoms with Gasteiger partial charge in [-0.2, -0.15) is 0 Å². The average Bonchev–Trinajstić information content (AvgIpc) is 3.69. The molecule has 496 valence electrons. The summed E-state index contributed by atoms with van der Waals surface area (Å²) in [6.07, 6.45) is -1.84. The highest BCUT2D eigenvalue weighted by molar-refractivity contribution is 5.99. The van der Waals surface area contributed by atoms with Crippen molar-refractivity contribution < 1.29 is 67.7 Å². The van der Waals surface area contributed by atoms with Gasteiger partial charge in [-0.3, -0.25) is 57.5 Å². The van der Waals surface area contributed by atoms with Crippen molar-refractivity contribution in [1.29, 1.82) is 0 Å². The number of hydrogen-bond acceptors (Lipinski definition) is 19. The molecule has 31 heteroatoms. The Morgan fingerprint density at radius 2 is 1.07 bits per heavy atom. The number of carbonyl (C=O) groups is 12. The Hall–Kier alpha value is -7.42. The molecule has 12 amide bonds. The fraction of sp³-hybridized carbons (Fsp3) is 0.684. The van der Waals surface area contributed by atoms with Crippen molar-refractivity contribution in [2.75, 3.05) is 45.8 Å². The first-order valence-electron chi connectivity index (χ1n) is 30.3.